The Bertz CT molecular complexity index is 581. The maximum Gasteiger partial charge on any atom is 0.325 e. The van der Waals surface area contributed by atoms with Gasteiger partial charge in [0.2, 0.25) is 5.91 Å². The molecule has 0 aromatic heterocycles. The van der Waals surface area contributed by atoms with Gasteiger partial charge in [-0.25, -0.2) is 0 Å². The van der Waals surface area contributed by atoms with E-state index in [1.54, 1.807) is 0 Å². The van der Waals surface area contributed by atoms with Gasteiger partial charge in [-0.2, -0.15) is 0 Å². The van der Waals surface area contributed by atoms with Crippen molar-refractivity contribution >= 4 is 17.8 Å². The molecule has 1 fully saturated rings. The zero-order valence-electron chi connectivity index (χ0n) is 15.2. The van der Waals surface area contributed by atoms with Crippen LogP contribution < -0.4 is 10.6 Å². The Morgan fingerprint density at radius 2 is 1.58 bits per heavy atom. The lowest BCUT2D eigenvalue weighted by Crippen LogP contribution is -2.39. The zero-order chi connectivity index (χ0) is 18.6. The Kier molecular flexibility index (Phi) is 8.66. The van der Waals surface area contributed by atoms with Gasteiger partial charge in [-0.15, -0.1) is 0 Å². The first-order valence-corrected chi connectivity index (χ1v) is 9.39. The number of hydrogen-bond acceptors (Lipinski definition) is 4. The molecule has 0 saturated heterocycles. The van der Waals surface area contributed by atoms with E-state index < -0.39 is 5.97 Å². The summed E-state index contributed by atoms with van der Waals surface area (Å²) in [6.07, 6.45) is 8.11. The van der Waals surface area contributed by atoms with E-state index in [4.69, 9.17) is 4.74 Å². The number of hydrogen-bond donors (Lipinski definition) is 2. The highest BCUT2D eigenvalue weighted by atomic mass is 16.5. The van der Waals surface area contributed by atoms with Crippen molar-refractivity contribution in [1.29, 1.82) is 0 Å². The van der Waals surface area contributed by atoms with E-state index in [-0.39, 0.29) is 37.4 Å². The van der Waals surface area contributed by atoms with Gasteiger partial charge in [0.1, 0.15) is 6.54 Å². The third-order valence-electron chi connectivity index (χ3n) is 4.47. The molecule has 2 N–H and O–H groups in total. The van der Waals surface area contributed by atoms with Crippen LogP contribution in [-0.2, 0) is 25.5 Å². The van der Waals surface area contributed by atoms with Crippen LogP contribution in [0.2, 0.25) is 0 Å². The summed E-state index contributed by atoms with van der Waals surface area (Å²) >= 11 is 0. The molecule has 0 spiro atoms. The number of ether oxygens (including phenoxy) is 1. The predicted octanol–water partition coefficient (Wildman–Crippen LogP) is 2.12. The molecule has 26 heavy (non-hydrogen) atoms. The Morgan fingerprint density at radius 1 is 0.923 bits per heavy atom. The maximum absolute atomic E-state index is 11.9. The summed E-state index contributed by atoms with van der Waals surface area (Å²) in [4.78, 5) is 35.4. The second kappa shape index (κ2) is 11.3. The SMILES string of the molecule is O=C(Cc1ccccc1)NCC(=O)OCC(=O)NC1CCCCCCC1. The van der Waals surface area contributed by atoms with Crippen LogP contribution in [0.25, 0.3) is 0 Å². The van der Waals surface area contributed by atoms with Gasteiger partial charge >= 0.3 is 5.97 Å². The average Bonchev–Trinajstić information content (AvgIpc) is 2.61. The van der Waals surface area contributed by atoms with Gasteiger partial charge in [0.15, 0.2) is 6.61 Å². The van der Waals surface area contributed by atoms with Crippen molar-refractivity contribution in [1.82, 2.24) is 10.6 Å². The van der Waals surface area contributed by atoms with Crippen LogP contribution in [0, 0.1) is 0 Å². The number of benzene rings is 1. The highest BCUT2D eigenvalue weighted by Gasteiger charge is 2.15. The molecule has 0 bridgehead atoms. The van der Waals surface area contributed by atoms with Gasteiger partial charge in [-0.05, 0) is 18.4 Å². The number of rotatable bonds is 7. The van der Waals surface area contributed by atoms with Crippen LogP contribution in [0.4, 0.5) is 0 Å². The van der Waals surface area contributed by atoms with E-state index >= 15 is 0 Å². The molecule has 0 atom stereocenters. The Morgan fingerprint density at radius 3 is 2.27 bits per heavy atom. The average molecular weight is 360 g/mol. The molecule has 0 aliphatic heterocycles. The number of carbonyl (C=O) groups is 3. The van der Waals surface area contributed by atoms with E-state index in [1.807, 2.05) is 30.3 Å². The predicted molar refractivity (Wildman–Crippen MR) is 98.4 cm³/mol. The van der Waals surface area contributed by atoms with Gasteiger partial charge in [0, 0.05) is 6.04 Å². The van der Waals surface area contributed by atoms with E-state index in [0.29, 0.717) is 0 Å². The molecule has 1 aliphatic carbocycles. The molecular formula is C20H28N2O4. The summed E-state index contributed by atoms with van der Waals surface area (Å²) in [5.41, 5.74) is 0.872. The minimum absolute atomic E-state index is 0.173. The summed E-state index contributed by atoms with van der Waals surface area (Å²) in [6.45, 7) is -0.535. The minimum atomic E-state index is -0.612. The van der Waals surface area contributed by atoms with Gasteiger partial charge < -0.3 is 15.4 Å². The number of esters is 1. The summed E-state index contributed by atoms with van der Waals surface area (Å²) < 4.78 is 4.94. The van der Waals surface area contributed by atoms with Crippen molar-refractivity contribution in [2.24, 2.45) is 0 Å². The maximum atomic E-state index is 11.9. The van der Waals surface area contributed by atoms with E-state index in [1.165, 1.54) is 19.3 Å². The summed E-state index contributed by atoms with van der Waals surface area (Å²) in [5, 5.41) is 5.44. The van der Waals surface area contributed by atoms with Crippen LogP contribution >= 0.6 is 0 Å². The highest BCUT2D eigenvalue weighted by Crippen LogP contribution is 2.16. The van der Waals surface area contributed by atoms with Crippen LogP contribution in [-0.4, -0.2) is 37.0 Å². The zero-order valence-corrected chi connectivity index (χ0v) is 15.2. The lowest BCUT2D eigenvalue weighted by Gasteiger charge is -2.20. The van der Waals surface area contributed by atoms with Crippen LogP contribution in [0.15, 0.2) is 30.3 Å². The van der Waals surface area contributed by atoms with Crippen molar-refractivity contribution < 1.29 is 19.1 Å². The minimum Gasteiger partial charge on any atom is -0.454 e. The van der Waals surface area contributed by atoms with Gasteiger partial charge in [-0.1, -0.05) is 62.4 Å². The largest absolute Gasteiger partial charge is 0.454 e. The molecule has 0 heterocycles. The third-order valence-corrected chi connectivity index (χ3v) is 4.47. The molecular weight excluding hydrogens is 332 g/mol. The molecule has 0 radical (unpaired) electrons. The molecule has 142 valence electrons. The first-order valence-electron chi connectivity index (χ1n) is 9.39. The van der Waals surface area contributed by atoms with Crippen molar-refractivity contribution in [3.05, 3.63) is 35.9 Å². The van der Waals surface area contributed by atoms with Crippen molar-refractivity contribution in [3.8, 4) is 0 Å². The van der Waals surface area contributed by atoms with Crippen molar-refractivity contribution in [3.63, 3.8) is 0 Å². The van der Waals surface area contributed by atoms with Gasteiger partial charge in [0.05, 0.1) is 6.42 Å². The van der Waals surface area contributed by atoms with Crippen LogP contribution in [0.5, 0.6) is 0 Å². The smallest absolute Gasteiger partial charge is 0.325 e. The normalized spacial score (nSPS) is 15.4. The number of nitrogens with one attached hydrogen (secondary N) is 2. The lowest BCUT2D eigenvalue weighted by molar-refractivity contribution is -0.148. The summed E-state index contributed by atoms with van der Waals surface area (Å²) in [7, 11) is 0. The Balaban J connectivity index is 1.60. The number of carbonyl (C=O) groups excluding carboxylic acids is 3. The standard InChI is InChI=1S/C20H28N2O4/c23-18(13-16-9-5-4-6-10-16)21-14-20(25)26-15-19(24)22-17-11-7-2-1-3-8-12-17/h4-6,9-10,17H,1-3,7-8,11-15H2,(H,21,23)(H,22,24). The second-order valence-electron chi connectivity index (χ2n) is 6.71. The molecule has 1 aromatic rings. The lowest BCUT2D eigenvalue weighted by atomic mass is 9.97. The Labute approximate surface area is 154 Å². The number of amides is 2. The molecule has 2 amide bonds. The molecule has 2 rings (SSSR count). The quantitative estimate of drug-likeness (QED) is 0.730. The fourth-order valence-corrected chi connectivity index (χ4v) is 3.08. The second-order valence-corrected chi connectivity index (χ2v) is 6.71. The highest BCUT2D eigenvalue weighted by molar-refractivity contribution is 5.85. The van der Waals surface area contributed by atoms with E-state index in [9.17, 15) is 14.4 Å². The van der Waals surface area contributed by atoms with Crippen LogP contribution in [0.3, 0.4) is 0 Å². The summed E-state index contributed by atoms with van der Waals surface area (Å²) in [6, 6.07) is 9.44. The molecule has 6 heteroatoms. The first-order chi connectivity index (χ1) is 12.6. The molecule has 0 unspecified atom stereocenters. The van der Waals surface area contributed by atoms with E-state index in [2.05, 4.69) is 10.6 Å². The molecule has 1 aromatic carbocycles. The monoisotopic (exact) mass is 360 g/mol. The summed E-state index contributed by atoms with van der Waals surface area (Å²) in [5.74, 6) is -1.15. The van der Waals surface area contributed by atoms with Crippen LogP contribution in [0.1, 0.15) is 50.5 Å². The molecule has 1 aliphatic rings. The van der Waals surface area contributed by atoms with Gasteiger partial charge in [0.25, 0.3) is 5.91 Å². The topological polar surface area (TPSA) is 84.5 Å². The fraction of sp³-hybridized carbons (Fsp3) is 0.550. The van der Waals surface area contributed by atoms with Gasteiger partial charge in [-0.3, -0.25) is 14.4 Å². The van der Waals surface area contributed by atoms with Crippen molar-refractivity contribution in [2.45, 2.75) is 57.4 Å². The van der Waals surface area contributed by atoms with E-state index in [0.717, 1.165) is 31.2 Å². The first kappa shape index (κ1) is 19.9. The fourth-order valence-electron chi connectivity index (χ4n) is 3.08. The third kappa shape index (κ3) is 8.14. The van der Waals surface area contributed by atoms with Crippen molar-refractivity contribution in [2.75, 3.05) is 13.2 Å². The Hall–Kier alpha value is -2.37. The molecule has 1 saturated carbocycles. The molecule has 6 nitrogen and oxygen atoms in total.